The van der Waals surface area contributed by atoms with Crippen LogP contribution in [0.4, 0.5) is 0 Å². The Labute approximate surface area is 119 Å². The Morgan fingerprint density at radius 1 is 1.30 bits per heavy atom. The zero-order valence-corrected chi connectivity index (χ0v) is 12.0. The van der Waals surface area contributed by atoms with Gasteiger partial charge < -0.3 is 24.2 Å². The maximum atomic E-state index is 10.4. The van der Waals surface area contributed by atoms with Crippen LogP contribution in [0.3, 0.4) is 0 Å². The Morgan fingerprint density at radius 2 is 1.90 bits per heavy atom. The molecule has 20 heavy (non-hydrogen) atoms. The molecular weight excluding hydrogens is 259 g/mol. The average Bonchev–Trinajstić information content (AvgIpc) is 2.49. The molecule has 1 atom stereocenters. The molecule has 1 aromatic rings. The first-order valence-electron chi connectivity index (χ1n) is 6.88. The molecule has 2 rings (SSSR count). The lowest BCUT2D eigenvalue weighted by molar-refractivity contribution is -0.0844. The van der Waals surface area contributed by atoms with Gasteiger partial charge in [-0.3, -0.25) is 0 Å². The summed E-state index contributed by atoms with van der Waals surface area (Å²) < 4.78 is 16.5. The highest BCUT2D eigenvalue weighted by molar-refractivity contribution is 6.60. The Morgan fingerprint density at radius 3 is 2.45 bits per heavy atom. The summed E-state index contributed by atoms with van der Waals surface area (Å²) in [5.74, 6) is 0. The van der Waals surface area contributed by atoms with Gasteiger partial charge in [-0.2, -0.15) is 0 Å². The Hall–Kier alpha value is -0.915. The van der Waals surface area contributed by atoms with Crippen LogP contribution in [0.25, 0.3) is 0 Å². The molecule has 0 saturated carbocycles. The van der Waals surface area contributed by atoms with Gasteiger partial charge in [0.05, 0.1) is 13.2 Å². The van der Waals surface area contributed by atoms with E-state index in [4.69, 9.17) is 14.0 Å². The van der Waals surface area contributed by atoms with Gasteiger partial charge in [-0.15, -0.1) is 0 Å². The molecule has 5 nitrogen and oxygen atoms in total. The third-order valence-corrected chi connectivity index (χ3v) is 3.67. The summed E-state index contributed by atoms with van der Waals surface area (Å²) >= 11 is 0. The van der Waals surface area contributed by atoms with Crippen LogP contribution in [-0.2, 0) is 20.7 Å². The molecular formula is C14H22BO5-. The average molecular weight is 281 g/mol. The molecule has 1 saturated heterocycles. The van der Waals surface area contributed by atoms with Crippen molar-refractivity contribution in [1.29, 1.82) is 0 Å². The third kappa shape index (κ3) is 3.59. The smallest absolute Gasteiger partial charge is 0.404 e. The van der Waals surface area contributed by atoms with Gasteiger partial charge in [0.1, 0.15) is 0 Å². The highest BCUT2D eigenvalue weighted by Gasteiger charge is 2.41. The van der Waals surface area contributed by atoms with E-state index in [1.54, 1.807) is 6.92 Å². The van der Waals surface area contributed by atoms with Gasteiger partial charge in [-0.05, 0) is 5.56 Å². The first-order valence-corrected chi connectivity index (χ1v) is 6.88. The zero-order valence-electron chi connectivity index (χ0n) is 12.0. The van der Waals surface area contributed by atoms with Crippen LogP contribution in [0, 0.1) is 5.41 Å². The van der Waals surface area contributed by atoms with Gasteiger partial charge in [0, 0.05) is 24.6 Å². The highest BCUT2D eigenvalue weighted by atomic mass is 16.7. The van der Waals surface area contributed by atoms with Gasteiger partial charge in [-0.1, -0.05) is 44.2 Å². The molecule has 0 unspecified atom stereocenters. The number of hydrogen-bond donors (Lipinski definition) is 2. The van der Waals surface area contributed by atoms with Crippen LogP contribution in [0.15, 0.2) is 30.3 Å². The Balaban J connectivity index is 1.87. The standard InChI is InChI=1S/C14H22BO5/c1-12(18-8-13-6-4-3-5-7-13)15(17)19-10-14(2,9-16)11-20-15/h3-7,12,16-17H,8-11H2,1-2H3/q-1/t12-,14?,15?/m0/s1. The number of hydrogen-bond acceptors (Lipinski definition) is 5. The van der Waals surface area contributed by atoms with Gasteiger partial charge in [0.15, 0.2) is 0 Å². The van der Waals surface area contributed by atoms with Crippen LogP contribution in [0.2, 0.25) is 0 Å². The predicted octanol–water partition coefficient (Wildman–Crippen LogP) is 1.11. The molecule has 112 valence electrons. The fraction of sp³-hybridized carbons (Fsp3) is 0.571. The first kappa shape index (κ1) is 15.5. The van der Waals surface area contributed by atoms with Crippen molar-refractivity contribution < 1.29 is 24.2 Å². The van der Waals surface area contributed by atoms with E-state index in [2.05, 4.69) is 0 Å². The SMILES string of the molecule is C[C@H](OCc1ccccc1)[B-]1(O)OCC(C)(CO)CO1. The van der Waals surface area contributed by atoms with Crippen molar-refractivity contribution >= 4 is 6.75 Å². The second-order valence-corrected chi connectivity index (χ2v) is 5.82. The number of aliphatic hydroxyl groups is 1. The number of ether oxygens (including phenoxy) is 1. The normalized spacial score (nSPS) is 32.0. The van der Waals surface area contributed by atoms with Crippen molar-refractivity contribution in [3.05, 3.63) is 35.9 Å². The first-order chi connectivity index (χ1) is 9.47. The Bertz CT molecular complexity index is 417. The van der Waals surface area contributed by atoms with Crippen molar-refractivity contribution in [2.45, 2.75) is 26.5 Å². The van der Waals surface area contributed by atoms with E-state index in [0.717, 1.165) is 5.56 Å². The second-order valence-electron chi connectivity index (χ2n) is 5.82. The molecule has 1 fully saturated rings. The molecule has 0 aromatic heterocycles. The lowest BCUT2D eigenvalue weighted by atomic mass is 9.69. The van der Waals surface area contributed by atoms with Crippen LogP contribution >= 0.6 is 0 Å². The predicted molar refractivity (Wildman–Crippen MR) is 75.8 cm³/mol. The van der Waals surface area contributed by atoms with Crippen molar-refractivity contribution in [2.75, 3.05) is 19.8 Å². The van der Waals surface area contributed by atoms with Crippen molar-refractivity contribution in [3.63, 3.8) is 0 Å². The molecule has 2 N–H and O–H groups in total. The van der Waals surface area contributed by atoms with Gasteiger partial charge in [-0.25, -0.2) is 0 Å². The van der Waals surface area contributed by atoms with Crippen LogP contribution in [0.5, 0.6) is 0 Å². The summed E-state index contributed by atoms with van der Waals surface area (Å²) in [6.45, 7) is 1.94. The van der Waals surface area contributed by atoms with E-state index in [-0.39, 0.29) is 19.8 Å². The summed E-state index contributed by atoms with van der Waals surface area (Å²) in [5, 5.41) is 19.6. The minimum Gasteiger partial charge on any atom is -0.558 e. The van der Waals surface area contributed by atoms with Crippen molar-refractivity contribution in [3.8, 4) is 0 Å². The molecule has 0 bridgehead atoms. The van der Waals surface area contributed by atoms with Crippen molar-refractivity contribution in [2.24, 2.45) is 5.41 Å². The number of benzene rings is 1. The number of rotatable bonds is 5. The zero-order chi connectivity index (χ0) is 14.6. The van der Waals surface area contributed by atoms with E-state index in [1.807, 2.05) is 37.3 Å². The summed E-state index contributed by atoms with van der Waals surface area (Å²) in [7, 11) is 0. The van der Waals surface area contributed by atoms with Crippen LogP contribution < -0.4 is 0 Å². The van der Waals surface area contributed by atoms with Crippen LogP contribution in [-0.4, -0.2) is 42.7 Å². The quantitative estimate of drug-likeness (QED) is 0.791. The molecule has 1 aliphatic rings. The van der Waals surface area contributed by atoms with E-state index < -0.39 is 18.2 Å². The molecule has 0 aliphatic carbocycles. The minimum absolute atomic E-state index is 0.0432. The maximum absolute atomic E-state index is 10.4. The fourth-order valence-corrected chi connectivity index (χ4v) is 2.02. The van der Waals surface area contributed by atoms with Gasteiger partial charge in [0.25, 0.3) is 0 Å². The minimum atomic E-state index is -2.47. The molecule has 1 aliphatic heterocycles. The molecule has 0 radical (unpaired) electrons. The maximum Gasteiger partial charge on any atom is 0.404 e. The van der Waals surface area contributed by atoms with E-state index in [1.165, 1.54) is 0 Å². The summed E-state index contributed by atoms with van der Waals surface area (Å²) in [5.41, 5.74) is 0.558. The van der Waals surface area contributed by atoms with Gasteiger partial charge in [0.2, 0.25) is 0 Å². The highest BCUT2D eigenvalue weighted by Crippen LogP contribution is 2.28. The summed E-state index contributed by atoms with van der Waals surface area (Å²) in [4.78, 5) is 0. The number of aliphatic hydroxyl groups excluding tert-OH is 1. The van der Waals surface area contributed by atoms with E-state index in [9.17, 15) is 10.1 Å². The van der Waals surface area contributed by atoms with Crippen LogP contribution in [0.1, 0.15) is 19.4 Å². The Kier molecular flexibility index (Phi) is 4.83. The van der Waals surface area contributed by atoms with Crippen molar-refractivity contribution in [1.82, 2.24) is 0 Å². The monoisotopic (exact) mass is 281 g/mol. The molecule has 0 amide bonds. The molecule has 1 heterocycles. The molecule has 1 aromatic carbocycles. The molecule has 6 heteroatoms. The lowest BCUT2D eigenvalue weighted by Gasteiger charge is -2.49. The van der Waals surface area contributed by atoms with E-state index in [0.29, 0.717) is 6.61 Å². The topological polar surface area (TPSA) is 68.2 Å². The summed E-state index contributed by atoms with van der Waals surface area (Å²) in [6, 6.07) is 9.14. The van der Waals surface area contributed by atoms with E-state index >= 15 is 0 Å². The lowest BCUT2D eigenvalue weighted by Crippen LogP contribution is -2.61. The fourth-order valence-electron chi connectivity index (χ4n) is 2.02. The molecule has 0 spiro atoms. The third-order valence-electron chi connectivity index (χ3n) is 3.67. The van der Waals surface area contributed by atoms with Gasteiger partial charge >= 0.3 is 6.75 Å². The second kappa shape index (κ2) is 6.24. The largest absolute Gasteiger partial charge is 0.558 e. The summed E-state index contributed by atoms with van der Waals surface area (Å²) in [6.07, 6.45) is 0.